The zero-order valence-corrected chi connectivity index (χ0v) is 20.3. The molecule has 0 bridgehead atoms. The van der Waals surface area contributed by atoms with Crippen molar-refractivity contribution in [3.8, 4) is 5.75 Å². The molecule has 0 saturated heterocycles. The van der Waals surface area contributed by atoms with Crippen molar-refractivity contribution < 1.29 is 19.4 Å². The van der Waals surface area contributed by atoms with Crippen LogP contribution in [0.1, 0.15) is 40.4 Å². The van der Waals surface area contributed by atoms with Gasteiger partial charge in [0.15, 0.2) is 0 Å². The summed E-state index contributed by atoms with van der Waals surface area (Å²) in [4.78, 5) is 26.1. The van der Waals surface area contributed by atoms with Gasteiger partial charge >= 0.3 is 5.97 Å². The van der Waals surface area contributed by atoms with E-state index in [0.29, 0.717) is 28.5 Å². The van der Waals surface area contributed by atoms with Crippen molar-refractivity contribution in [2.45, 2.75) is 38.3 Å². The molecule has 1 N–H and O–H groups in total. The molecular formula is C27H25Cl2NO4. The minimum Gasteiger partial charge on any atom is -0.487 e. The van der Waals surface area contributed by atoms with E-state index in [1.807, 2.05) is 61.5 Å². The van der Waals surface area contributed by atoms with Gasteiger partial charge in [0, 0.05) is 41.5 Å². The Balaban J connectivity index is 1.54. The zero-order chi connectivity index (χ0) is 24.3. The fraction of sp³-hybridized carbons (Fsp3) is 0.259. The molecule has 0 radical (unpaired) electrons. The number of benzene rings is 3. The van der Waals surface area contributed by atoms with Crippen LogP contribution < -0.4 is 4.74 Å². The fourth-order valence-electron chi connectivity index (χ4n) is 4.33. The van der Waals surface area contributed by atoms with E-state index in [9.17, 15) is 9.59 Å². The maximum absolute atomic E-state index is 13.4. The van der Waals surface area contributed by atoms with Crippen molar-refractivity contribution in [2.75, 3.05) is 6.54 Å². The third kappa shape index (κ3) is 5.72. The summed E-state index contributed by atoms with van der Waals surface area (Å²) in [5.74, 6) is -0.451. The SMILES string of the molecule is CC1(Cc2cccc(Cl)c2)Cc2cc(C(=O)N(CCC(=O)O)Cc3ccccc3Cl)ccc2O1. The van der Waals surface area contributed by atoms with E-state index >= 15 is 0 Å². The van der Waals surface area contributed by atoms with Crippen molar-refractivity contribution in [2.24, 2.45) is 0 Å². The first-order valence-electron chi connectivity index (χ1n) is 11.0. The van der Waals surface area contributed by atoms with Crippen LogP contribution in [0.3, 0.4) is 0 Å². The number of rotatable bonds is 8. The van der Waals surface area contributed by atoms with Gasteiger partial charge in [-0.25, -0.2) is 0 Å². The average molecular weight is 498 g/mol. The van der Waals surface area contributed by atoms with Gasteiger partial charge in [-0.3, -0.25) is 9.59 Å². The standard InChI is InChI=1S/C27H25Cl2NO4/c1-27(15-18-5-4-7-22(28)13-18)16-21-14-19(9-10-24(21)34-27)26(33)30(12-11-25(31)32)17-20-6-2-3-8-23(20)29/h2-10,13-14H,11-12,15-17H2,1H3,(H,31,32). The minimum absolute atomic E-state index is 0.0828. The summed E-state index contributed by atoms with van der Waals surface area (Å²) in [5, 5.41) is 10.4. The molecule has 1 heterocycles. The second kappa shape index (κ2) is 10.1. The lowest BCUT2D eigenvalue weighted by atomic mass is 9.91. The molecular weight excluding hydrogens is 473 g/mol. The molecule has 1 aliphatic rings. The van der Waals surface area contributed by atoms with Gasteiger partial charge in [-0.1, -0.05) is 53.5 Å². The summed E-state index contributed by atoms with van der Waals surface area (Å²) in [6.07, 6.45) is 1.18. The number of halogens is 2. The zero-order valence-electron chi connectivity index (χ0n) is 18.8. The van der Waals surface area contributed by atoms with Crippen LogP contribution in [0.2, 0.25) is 10.0 Å². The van der Waals surface area contributed by atoms with Crippen LogP contribution in [0.15, 0.2) is 66.7 Å². The number of nitrogens with zero attached hydrogens (tertiary/aromatic N) is 1. The normalized spacial score (nSPS) is 16.6. The van der Waals surface area contributed by atoms with Crippen LogP contribution in [0.5, 0.6) is 5.75 Å². The quantitative estimate of drug-likeness (QED) is 0.411. The number of fused-ring (bicyclic) bond motifs is 1. The number of carboxylic acids is 1. The van der Waals surface area contributed by atoms with Crippen LogP contribution in [-0.4, -0.2) is 34.0 Å². The van der Waals surface area contributed by atoms with Crippen molar-refractivity contribution in [3.05, 3.63) is 99.0 Å². The van der Waals surface area contributed by atoms with Gasteiger partial charge in [-0.05, 0) is 60.0 Å². The molecule has 0 aromatic heterocycles. The summed E-state index contributed by atoms with van der Waals surface area (Å²) in [5.41, 5.74) is 2.84. The van der Waals surface area contributed by atoms with Gasteiger partial charge in [0.25, 0.3) is 5.91 Å². The summed E-state index contributed by atoms with van der Waals surface area (Å²) in [7, 11) is 0. The van der Waals surface area contributed by atoms with Gasteiger partial charge in [-0.2, -0.15) is 0 Å². The molecule has 5 nitrogen and oxygen atoms in total. The number of ether oxygens (including phenoxy) is 1. The maximum atomic E-state index is 13.4. The smallest absolute Gasteiger partial charge is 0.305 e. The van der Waals surface area contributed by atoms with E-state index < -0.39 is 11.6 Å². The van der Waals surface area contributed by atoms with Crippen LogP contribution in [0.25, 0.3) is 0 Å². The summed E-state index contributed by atoms with van der Waals surface area (Å²) >= 11 is 12.4. The molecule has 0 fully saturated rings. The molecule has 0 saturated carbocycles. The Hall–Kier alpha value is -3.02. The lowest BCUT2D eigenvalue weighted by Crippen LogP contribution is -2.33. The molecule has 0 spiro atoms. The first-order chi connectivity index (χ1) is 16.2. The van der Waals surface area contributed by atoms with Crippen LogP contribution in [0.4, 0.5) is 0 Å². The average Bonchev–Trinajstić information content (AvgIpc) is 3.12. The highest BCUT2D eigenvalue weighted by Crippen LogP contribution is 2.38. The van der Waals surface area contributed by atoms with Gasteiger partial charge in [0.05, 0.1) is 6.42 Å². The van der Waals surface area contributed by atoms with E-state index in [1.54, 1.807) is 12.1 Å². The number of carbonyl (C=O) groups is 2. The second-order valence-electron chi connectivity index (χ2n) is 8.82. The second-order valence-corrected chi connectivity index (χ2v) is 9.66. The third-order valence-electron chi connectivity index (χ3n) is 5.90. The Bertz CT molecular complexity index is 1230. The van der Waals surface area contributed by atoms with Crippen molar-refractivity contribution in [1.82, 2.24) is 4.90 Å². The molecule has 4 rings (SSSR count). The Kier molecular flexibility index (Phi) is 7.15. The fourth-order valence-corrected chi connectivity index (χ4v) is 4.74. The van der Waals surface area contributed by atoms with Crippen LogP contribution in [0, 0.1) is 0 Å². The van der Waals surface area contributed by atoms with Gasteiger partial charge in [0.1, 0.15) is 11.4 Å². The van der Waals surface area contributed by atoms with E-state index in [1.165, 1.54) is 4.90 Å². The van der Waals surface area contributed by atoms with Crippen LogP contribution >= 0.6 is 23.2 Å². The Morgan fingerprint density at radius 1 is 1.06 bits per heavy atom. The first kappa shape index (κ1) is 24.1. The van der Waals surface area contributed by atoms with Crippen molar-refractivity contribution in [3.63, 3.8) is 0 Å². The van der Waals surface area contributed by atoms with E-state index in [4.69, 9.17) is 33.0 Å². The maximum Gasteiger partial charge on any atom is 0.305 e. The minimum atomic E-state index is -0.962. The molecule has 1 unspecified atom stereocenters. The van der Waals surface area contributed by atoms with Crippen molar-refractivity contribution >= 4 is 35.1 Å². The Morgan fingerprint density at radius 3 is 2.59 bits per heavy atom. The Morgan fingerprint density at radius 2 is 1.85 bits per heavy atom. The van der Waals surface area contributed by atoms with E-state index in [2.05, 4.69) is 0 Å². The number of carboxylic acid groups (broad SMARTS) is 1. The highest BCUT2D eigenvalue weighted by Gasteiger charge is 2.35. The topological polar surface area (TPSA) is 66.8 Å². The summed E-state index contributed by atoms with van der Waals surface area (Å²) in [6, 6.07) is 20.4. The molecule has 0 aliphatic carbocycles. The monoisotopic (exact) mass is 497 g/mol. The number of hydrogen-bond acceptors (Lipinski definition) is 3. The number of carbonyl (C=O) groups excluding carboxylic acids is 1. The predicted molar refractivity (Wildman–Crippen MR) is 133 cm³/mol. The molecule has 1 atom stereocenters. The number of amides is 1. The van der Waals surface area contributed by atoms with Crippen LogP contribution in [-0.2, 0) is 24.2 Å². The highest BCUT2D eigenvalue weighted by atomic mass is 35.5. The van der Waals surface area contributed by atoms with E-state index in [-0.39, 0.29) is 25.4 Å². The lowest BCUT2D eigenvalue weighted by Gasteiger charge is -2.24. The molecule has 176 valence electrons. The molecule has 3 aromatic carbocycles. The summed E-state index contributed by atoms with van der Waals surface area (Å²) in [6.45, 7) is 2.36. The molecule has 1 aliphatic heterocycles. The van der Waals surface area contributed by atoms with E-state index in [0.717, 1.165) is 22.4 Å². The largest absolute Gasteiger partial charge is 0.487 e. The molecule has 7 heteroatoms. The van der Waals surface area contributed by atoms with Gasteiger partial charge in [0.2, 0.25) is 0 Å². The molecule has 34 heavy (non-hydrogen) atoms. The van der Waals surface area contributed by atoms with Crippen molar-refractivity contribution in [1.29, 1.82) is 0 Å². The predicted octanol–water partition coefficient (Wildman–Crippen LogP) is 6.05. The third-order valence-corrected chi connectivity index (χ3v) is 6.50. The lowest BCUT2D eigenvalue weighted by molar-refractivity contribution is -0.137. The first-order valence-corrected chi connectivity index (χ1v) is 11.8. The number of aliphatic carboxylic acids is 1. The van der Waals surface area contributed by atoms with Gasteiger partial charge in [-0.15, -0.1) is 0 Å². The molecule has 3 aromatic rings. The highest BCUT2D eigenvalue weighted by molar-refractivity contribution is 6.31. The number of hydrogen-bond donors (Lipinski definition) is 1. The molecule has 1 amide bonds. The Labute approximate surface area is 208 Å². The van der Waals surface area contributed by atoms with Gasteiger partial charge < -0.3 is 14.7 Å². The summed E-state index contributed by atoms with van der Waals surface area (Å²) < 4.78 is 6.26.